The van der Waals surface area contributed by atoms with Crippen molar-refractivity contribution in [2.24, 2.45) is 0 Å². The molecule has 1 fully saturated rings. The lowest BCUT2D eigenvalue weighted by molar-refractivity contribution is -0.124. The van der Waals surface area contributed by atoms with E-state index >= 15 is 0 Å². The summed E-state index contributed by atoms with van der Waals surface area (Å²) in [5.74, 6) is -0.328. The van der Waals surface area contributed by atoms with Crippen molar-refractivity contribution in [3.63, 3.8) is 0 Å². The van der Waals surface area contributed by atoms with E-state index in [-0.39, 0.29) is 23.6 Å². The molecule has 2 amide bonds. The van der Waals surface area contributed by atoms with E-state index in [1.807, 2.05) is 30.3 Å². The van der Waals surface area contributed by atoms with E-state index in [0.29, 0.717) is 19.4 Å². The van der Waals surface area contributed by atoms with Crippen LogP contribution in [0.4, 0.5) is 4.79 Å². The lowest BCUT2D eigenvalue weighted by atomic mass is 10.1. The Labute approximate surface area is 163 Å². The van der Waals surface area contributed by atoms with Crippen LogP contribution in [-0.2, 0) is 20.4 Å². The zero-order valence-corrected chi connectivity index (χ0v) is 18.0. The SMILES string of the molecule is CC(C)(C)[Si](C)(C)OCC/C=C/C(=O)N1C(=O)OC[C@H]1Cc1ccccc1. The zero-order chi connectivity index (χ0) is 20.1. The third-order valence-corrected chi connectivity index (χ3v) is 9.86. The van der Waals surface area contributed by atoms with Crippen LogP contribution in [0.25, 0.3) is 0 Å². The van der Waals surface area contributed by atoms with E-state index in [1.165, 1.54) is 11.0 Å². The summed E-state index contributed by atoms with van der Waals surface area (Å²) in [5, 5.41) is 0.163. The minimum absolute atomic E-state index is 0.163. The second-order valence-electron chi connectivity index (χ2n) is 8.43. The Morgan fingerprint density at radius 1 is 1.30 bits per heavy atom. The Bertz CT molecular complexity index is 679. The first-order chi connectivity index (χ1) is 12.6. The summed E-state index contributed by atoms with van der Waals surface area (Å²) in [7, 11) is -1.78. The molecule has 27 heavy (non-hydrogen) atoms. The first-order valence-corrected chi connectivity index (χ1v) is 12.4. The Balaban J connectivity index is 1.87. The molecule has 5 nitrogen and oxygen atoms in total. The minimum Gasteiger partial charge on any atom is -0.447 e. The third kappa shape index (κ3) is 5.78. The quantitative estimate of drug-likeness (QED) is 0.390. The number of cyclic esters (lactones) is 1. The molecule has 0 aromatic heterocycles. The van der Waals surface area contributed by atoms with Crippen molar-refractivity contribution in [1.29, 1.82) is 0 Å². The molecule has 0 aliphatic carbocycles. The van der Waals surface area contributed by atoms with Gasteiger partial charge in [-0.25, -0.2) is 9.69 Å². The number of rotatable bonds is 7. The molecule has 1 aromatic carbocycles. The molecule has 1 aliphatic rings. The van der Waals surface area contributed by atoms with E-state index < -0.39 is 14.4 Å². The Morgan fingerprint density at radius 2 is 1.96 bits per heavy atom. The van der Waals surface area contributed by atoms with Crippen LogP contribution in [0.1, 0.15) is 32.8 Å². The maximum absolute atomic E-state index is 12.5. The lowest BCUT2D eigenvalue weighted by Gasteiger charge is -2.36. The monoisotopic (exact) mass is 389 g/mol. The molecule has 0 spiro atoms. The van der Waals surface area contributed by atoms with Gasteiger partial charge in [-0.2, -0.15) is 0 Å². The van der Waals surface area contributed by atoms with Crippen molar-refractivity contribution in [1.82, 2.24) is 4.90 Å². The van der Waals surface area contributed by atoms with Crippen LogP contribution in [0.15, 0.2) is 42.5 Å². The van der Waals surface area contributed by atoms with E-state index in [2.05, 4.69) is 33.9 Å². The Morgan fingerprint density at radius 3 is 2.59 bits per heavy atom. The van der Waals surface area contributed by atoms with Crippen LogP contribution in [0.3, 0.4) is 0 Å². The molecule has 1 aliphatic heterocycles. The highest BCUT2D eigenvalue weighted by atomic mass is 28.4. The molecule has 1 saturated heterocycles. The maximum Gasteiger partial charge on any atom is 0.417 e. The molecule has 1 atom stereocenters. The van der Waals surface area contributed by atoms with Gasteiger partial charge in [-0.05, 0) is 42.6 Å². The molecule has 0 unspecified atom stereocenters. The number of ether oxygens (including phenoxy) is 1. The second-order valence-corrected chi connectivity index (χ2v) is 13.2. The van der Waals surface area contributed by atoms with Crippen LogP contribution in [0, 0.1) is 0 Å². The summed E-state index contributed by atoms with van der Waals surface area (Å²) in [6.45, 7) is 11.8. The van der Waals surface area contributed by atoms with E-state index in [0.717, 1.165) is 5.56 Å². The van der Waals surface area contributed by atoms with Crippen molar-refractivity contribution in [2.75, 3.05) is 13.2 Å². The third-order valence-electron chi connectivity index (χ3n) is 5.33. The molecule has 6 heteroatoms. The summed E-state index contributed by atoms with van der Waals surface area (Å²) in [4.78, 5) is 25.7. The van der Waals surface area contributed by atoms with Crippen molar-refractivity contribution >= 4 is 20.3 Å². The fourth-order valence-corrected chi connectivity index (χ4v) is 3.69. The van der Waals surface area contributed by atoms with Crippen LogP contribution in [-0.4, -0.2) is 44.5 Å². The zero-order valence-electron chi connectivity index (χ0n) is 17.0. The van der Waals surface area contributed by atoms with Crippen LogP contribution in [0.2, 0.25) is 18.1 Å². The predicted molar refractivity (Wildman–Crippen MR) is 109 cm³/mol. The Kier molecular flexibility index (Phi) is 7.00. The van der Waals surface area contributed by atoms with Crippen LogP contribution in [0.5, 0.6) is 0 Å². The van der Waals surface area contributed by atoms with Gasteiger partial charge in [0.15, 0.2) is 8.32 Å². The molecule has 148 valence electrons. The van der Waals surface area contributed by atoms with Gasteiger partial charge in [0.2, 0.25) is 0 Å². The molecule has 0 bridgehead atoms. The van der Waals surface area contributed by atoms with Crippen LogP contribution < -0.4 is 0 Å². The number of imide groups is 1. The van der Waals surface area contributed by atoms with E-state index in [1.54, 1.807) is 6.08 Å². The summed E-state index contributed by atoms with van der Waals surface area (Å²) in [6.07, 6.45) is 3.91. The summed E-state index contributed by atoms with van der Waals surface area (Å²) in [6, 6.07) is 9.54. The number of nitrogens with zero attached hydrogens (tertiary/aromatic N) is 1. The molecular weight excluding hydrogens is 358 g/mol. The number of carbonyl (C=O) groups is 2. The predicted octanol–water partition coefficient (Wildman–Crippen LogP) is 4.54. The molecule has 1 aromatic rings. The summed E-state index contributed by atoms with van der Waals surface area (Å²) < 4.78 is 11.2. The number of hydrogen-bond acceptors (Lipinski definition) is 4. The number of hydrogen-bond donors (Lipinski definition) is 0. The largest absolute Gasteiger partial charge is 0.447 e. The molecule has 0 radical (unpaired) electrons. The standard InChI is InChI=1S/C21H31NO4Si/c1-21(2,3)27(4,5)26-14-10-9-13-19(23)22-18(16-25-20(22)24)15-17-11-7-6-8-12-17/h6-9,11-13,18H,10,14-16H2,1-5H3/b13-9+/t18-/m1/s1. The van der Waals surface area contributed by atoms with Crippen molar-refractivity contribution in [3.8, 4) is 0 Å². The van der Waals surface area contributed by atoms with Gasteiger partial charge >= 0.3 is 6.09 Å². The van der Waals surface area contributed by atoms with Crippen molar-refractivity contribution < 1.29 is 18.8 Å². The van der Waals surface area contributed by atoms with Gasteiger partial charge in [0.25, 0.3) is 5.91 Å². The highest BCUT2D eigenvalue weighted by Crippen LogP contribution is 2.36. The van der Waals surface area contributed by atoms with E-state index in [9.17, 15) is 9.59 Å². The first-order valence-electron chi connectivity index (χ1n) is 9.46. The topological polar surface area (TPSA) is 55.8 Å². The fourth-order valence-electron chi connectivity index (χ4n) is 2.63. The maximum atomic E-state index is 12.5. The Hall–Kier alpha value is -1.92. The molecule has 1 heterocycles. The van der Waals surface area contributed by atoms with Crippen molar-refractivity contribution in [3.05, 3.63) is 48.0 Å². The highest BCUT2D eigenvalue weighted by molar-refractivity contribution is 6.74. The number of benzene rings is 1. The summed E-state index contributed by atoms with van der Waals surface area (Å²) in [5.41, 5.74) is 1.07. The normalized spacial score (nSPS) is 18.2. The average Bonchev–Trinajstić information content (AvgIpc) is 2.94. The average molecular weight is 390 g/mol. The number of amides is 2. The van der Waals surface area contributed by atoms with Gasteiger partial charge in [-0.15, -0.1) is 0 Å². The molecular formula is C21H31NO4Si. The highest BCUT2D eigenvalue weighted by Gasteiger charge is 2.37. The number of carbonyl (C=O) groups excluding carboxylic acids is 2. The van der Waals surface area contributed by atoms with Gasteiger partial charge in [-0.1, -0.05) is 57.2 Å². The van der Waals surface area contributed by atoms with Gasteiger partial charge in [-0.3, -0.25) is 4.79 Å². The minimum atomic E-state index is -1.78. The fraction of sp³-hybridized carbons (Fsp3) is 0.524. The molecule has 0 N–H and O–H groups in total. The smallest absolute Gasteiger partial charge is 0.417 e. The lowest BCUT2D eigenvalue weighted by Crippen LogP contribution is -2.41. The molecule has 0 saturated carbocycles. The van der Waals surface area contributed by atoms with Gasteiger partial charge in [0.1, 0.15) is 6.61 Å². The van der Waals surface area contributed by atoms with E-state index in [4.69, 9.17) is 9.16 Å². The van der Waals surface area contributed by atoms with Crippen molar-refractivity contribution in [2.45, 2.75) is 57.8 Å². The van der Waals surface area contributed by atoms with Gasteiger partial charge in [0, 0.05) is 6.61 Å². The molecule has 2 rings (SSSR count). The van der Waals surface area contributed by atoms with Gasteiger partial charge < -0.3 is 9.16 Å². The van der Waals surface area contributed by atoms with Gasteiger partial charge in [0.05, 0.1) is 6.04 Å². The first kappa shape index (κ1) is 21.4. The second kappa shape index (κ2) is 8.84. The van der Waals surface area contributed by atoms with Crippen LogP contribution >= 0.6 is 0 Å². The summed E-state index contributed by atoms with van der Waals surface area (Å²) >= 11 is 0.